The highest BCUT2D eigenvalue weighted by atomic mass is 79.9. The van der Waals surface area contributed by atoms with Gasteiger partial charge in [-0.15, -0.1) is 12.4 Å². The highest BCUT2D eigenvalue weighted by Gasteiger charge is 2.39. The lowest BCUT2D eigenvalue weighted by Crippen LogP contribution is -2.28. The lowest BCUT2D eigenvalue weighted by atomic mass is 10.1. The summed E-state index contributed by atoms with van der Waals surface area (Å²) in [4.78, 5) is 0. The lowest BCUT2D eigenvalue weighted by Gasteiger charge is -2.17. The molecule has 0 aromatic heterocycles. The second kappa shape index (κ2) is 5.44. The van der Waals surface area contributed by atoms with Crippen molar-refractivity contribution in [3.63, 3.8) is 0 Å². The van der Waals surface area contributed by atoms with Gasteiger partial charge < -0.3 is 10.8 Å². The third-order valence-electron chi connectivity index (χ3n) is 1.75. The number of alkyl halides is 3. The molecule has 1 atom stereocenters. The average Bonchev–Trinajstić information content (AvgIpc) is 2.08. The van der Waals surface area contributed by atoms with Crippen LogP contribution in [0.1, 0.15) is 11.6 Å². The van der Waals surface area contributed by atoms with E-state index in [1.807, 2.05) is 0 Å². The largest absolute Gasteiger partial charge is 0.506 e. The van der Waals surface area contributed by atoms with E-state index in [0.29, 0.717) is 4.47 Å². The summed E-state index contributed by atoms with van der Waals surface area (Å²) in [6, 6.07) is 0.107. The molecule has 0 fully saturated rings. The van der Waals surface area contributed by atoms with Crippen LogP contribution >= 0.6 is 39.9 Å². The van der Waals surface area contributed by atoms with Crippen LogP contribution in [0.5, 0.6) is 5.75 Å². The Kier molecular flexibility index (Phi) is 5.38. The van der Waals surface area contributed by atoms with E-state index in [0.717, 1.165) is 6.07 Å². The van der Waals surface area contributed by atoms with Gasteiger partial charge in [0.1, 0.15) is 11.8 Å². The number of hydrogen-bond donors (Lipinski definition) is 2. The first kappa shape index (κ1) is 15.8. The molecule has 8 heteroatoms. The molecule has 0 saturated carbocycles. The minimum atomic E-state index is -4.62. The number of benzene rings is 1. The molecule has 0 aliphatic carbocycles. The lowest BCUT2D eigenvalue weighted by molar-refractivity contribution is -0.149. The van der Waals surface area contributed by atoms with E-state index in [4.69, 9.17) is 17.3 Å². The first-order chi connectivity index (χ1) is 6.73. The van der Waals surface area contributed by atoms with Gasteiger partial charge in [0, 0.05) is 10.0 Å². The van der Waals surface area contributed by atoms with Gasteiger partial charge in [-0.1, -0.05) is 27.5 Å². The van der Waals surface area contributed by atoms with Crippen molar-refractivity contribution in [3.8, 4) is 5.75 Å². The Labute approximate surface area is 109 Å². The van der Waals surface area contributed by atoms with Gasteiger partial charge in [-0.2, -0.15) is 13.2 Å². The number of hydrogen-bond acceptors (Lipinski definition) is 2. The molecule has 0 amide bonds. The van der Waals surface area contributed by atoms with Gasteiger partial charge in [0.15, 0.2) is 0 Å². The minimum Gasteiger partial charge on any atom is -0.506 e. The molecule has 0 bridgehead atoms. The van der Waals surface area contributed by atoms with Gasteiger partial charge in [-0.25, -0.2) is 0 Å². The Bertz CT molecular complexity index is 386. The number of phenols is 1. The first-order valence-corrected chi connectivity index (χ1v) is 4.90. The number of phenolic OH excluding ortho intramolecular Hbond substituents is 1. The van der Waals surface area contributed by atoms with Crippen LogP contribution in [0.2, 0.25) is 5.02 Å². The summed E-state index contributed by atoms with van der Waals surface area (Å²) in [5.74, 6) is -0.648. The molecule has 1 aromatic carbocycles. The van der Waals surface area contributed by atoms with Crippen LogP contribution in [0, 0.1) is 0 Å². The predicted molar refractivity (Wildman–Crippen MR) is 61.0 cm³/mol. The summed E-state index contributed by atoms with van der Waals surface area (Å²) in [6.07, 6.45) is -4.62. The molecular weight excluding hydrogens is 334 g/mol. The number of nitrogens with two attached hydrogens (primary N) is 1. The fraction of sp³-hybridized carbons (Fsp3) is 0.250. The number of rotatable bonds is 1. The molecule has 0 saturated heterocycles. The fourth-order valence-corrected chi connectivity index (χ4v) is 1.83. The van der Waals surface area contributed by atoms with E-state index < -0.39 is 23.5 Å². The summed E-state index contributed by atoms with van der Waals surface area (Å²) in [5.41, 5.74) is 4.49. The van der Waals surface area contributed by atoms with Crippen molar-refractivity contribution in [2.45, 2.75) is 12.2 Å². The summed E-state index contributed by atoms with van der Waals surface area (Å²) >= 11 is 8.47. The Morgan fingerprint density at radius 3 is 2.31 bits per heavy atom. The summed E-state index contributed by atoms with van der Waals surface area (Å²) in [5, 5.41) is 9.14. The summed E-state index contributed by atoms with van der Waals surface area (Å²) in [7, 11) is 0. The monoisotopic (exact) mass is 339 g/mol. The van der Waals surface area contributed by atoms with Gasteiger partial charge in [0.2, 0.25) is 0 Å². The molecule has 0 aliphatic rings. The average molecular weight is 341 g/mol. The molecule has 1 aromatic rings. The summed E-state index contributed by atoms with van der Waals surface area (Å²) < 4.78 is 37.2. The van der Waals surface area contributed by atoms with Crippen LogP contribution in [-0.4, -0.2) is 11.3 Å². The van der Waals surface area contributed by atoms with E-state index in [-0.39, 0.29) is 17.4 Å². The van der Waals surface area contributed by atoms with E-state index in [9.17, 15) is 18.3 Å². The summed E-state index contributed by atoms with van der Waals surface area (Å²) in [6.45, 7) is 0. The zero-order chi connectivity index (χ0) is 11.8. The number of halogens is 6. The van der Waals surface area contributed by atoms with Crippen LogP contribution in [0.3, 0.4) is 0 Å². The van der Waals surface area contributed by atoms with Crippen molar-refractivity contribution in [1.29, 1.82) is 0 Å². The van der Waals surface area contributed by atoms with Crippen molar-refractivity contribution in [2.24, 2.45) is 5.73 Å². The molecule has 3 N–H and O–H groups in total. The van der Waals surface area contributed by atoms with E-state index in [2.05, 4.69) is 15.9 Å². The van der Waals surface area contributed by atoms with Crippen LogP contribution < -0.4 is 5.73 Å². The molecule has 0 radical (unpaired) electrons. The minimum absolute atomic E-state index is 0. The van der Waals surface area contributed by atoms with Crippen LogP contribution in [-0.2, 0) is 0 Å². The molecular formula is C8H7BrCl2F3NO. The topological polar surface area (TPSA) is 46.2 Å². The molecule has 0 aliphatic heterocycles. The number of aromatic hydroxyl groups is 1. The molecule has 1 rings (SSSR count). The third kappa shape index (κ3) is 3.41. The maximum atomic E-state index is 12.3. The second-order valence-corrected chi connectivity index (χ2v) is 4.17. The molecule has 0 unspecified atom stereocenters. The van der Waals surface area contributed by atoms with Crippen molar-refractivity contribution < 1.29 is 18.3 Å². The zero-order valence-corrected chi connectivity index (χ0v) is 10.7. The van der Waals surface area contributed by atoms with Gasteiger partial charge in [0.25, 0.3) is 0 Å². The molecule has 0 heterocycles. The van der Waals surface area contributed by atoms with Gasteiger partial charge in [0.05, 0.1) is 5.02 Å². The van der Waals surface area contributed by atoms with Crippen molar-refractivity contribution in [1.82, 2.24) is 0 Å². The van der Waals surface area contributed by atoms with E-state index in [1.165, 1.54) is 6.07 Å². The smallest absolute Gasteiger partial charge is 0.407 e. The predicted octanol–water partition coefficient (Wildman–Crippen LogP) is 3.79. The maximum absolute atomic E-state index is 12.3. The van der Waals surface area contributed by atoms with Gasteiger partial charge >= 0.3 is 6.18 Å². The Morgan fingerprint density at radius 2 is 1.88 bits per heavy atom. The zero-order valence-electron chi connectivity index (χ0n) is 7.55. The standard InChI is InChI=1S/C8H6BrClF3NO.ClH/c9-3-1-4(6(15)5(10)2-3)7(14)8(11,12)13;/h1-2,7,15H,14H2;1H/t7-;/m1./s1. The molecule has 2 nitrogen and oxygen atoms in total. The van der Waals surface area contributed by atoms with Crippen molar-refractivity contribution in [2.75, 3.05) is 0 Å². The van der Waals surface area contributed by atoms with Crippen LogP contribution in [0.4, 0.5) is 13.2 Å². The third-order valence-corrected chi connectivity index (χ3v) is 2.49. The Hall–Kier alpha value is -0.170. The van der Waals surface area contributed by atoms with Gasteiger partial charge in [-0.3, -0.25) is 0 Å². The fourth-order valence-electron chi connectivity index (χ4n) is 0.999. The SMILES string of the molecule is Cl.N[C@H](c1cc(Br)cc(Cl)c1O)C(F)(F)F. The quantitative estimate of drug-likeness (QED) is 0.817. The highest BCUT2D eigenvalue weighted by Crippen LogP contribution is 2.39. The molecule has 92 valence electrons. The molecule has 16 heavy (non-hydrogen) atoms. The van der Waals surface area contributed by atoms with E-state index >= 15 is 0 Å². The van der Waals surface area contributed by atoms with Crippen LogP contribution in [0.15, 0.2) is 16.6 Å². The van der Waals surface area contributed by atoms with Crippen LogP contribution in [0.25, 0.3) is 0 Å². The highest BCUT2D eigenvalue weighted by molar-refractivity contribution is 9.10. The normalized spacial score (nSPS) is 13.1. The van der Waals surface area contributed by atoms with Crippen molar-refractivity contribution >= 4 is 39.9 Å². The second-order valence-electron chi connectivity index (χ2n) is 2.84. The molecule has 0 spiro atoms. The van der Waals surface area contributed by atoms with Crippen molar-refractivity contribution in [3.05, 3.63) is 27.2 Å². The van der Waals surface area contributed by atoms with E-state index in [1.54, 1.807) is 0 Å². The Morgan fingerprint density at radius 1 is 1.38 bits per heavy atom. The maximum Gasteiger partial charge on any atom is 0.407 e. The Balaban J connectivity index is 0.00000225. The van der Waals surface area contributed by atoms with Gasteiger partial charge in [-0.05, 0) is 12.1 Å². The first-order valence-electron chi connectivity index (χ1n) is 3.73.